The largest absolute Gasteiger partial charge is 0.484 e. The number of ether oxygens (including phenoxy) is 1. The third-order valence-corrected chi connectivity index (χ3v) is 5.04. The molecule has 0 radical (unpaired) electrons. The van der Waals surface area contributed by atoms with Gasteiger partial charge in [-0.3, -0.25) is 9.69 Å². The second-order valence-electron chi connectivity index (χ2n) is 6.87. The van der Waals surface area contributed by atoms with E-state index in [4.69, 9.17) is 9.26 Å². The van der Waals surface area contributed by atoms with Gasteiger partial charge >= 0.3 is 0 Å². The average molecular weight is 360 g/mol. The van der Waals surface area contributed by atoms with Gasteiger partial charge in [-0.25, -0.2) is 4.39 Å². The van der Waals surface area contributed by atoms with Gasteiger partial charge in [0.2, 0.25) is 5.89 Å². The van der Waals surface area contributed by atoms with Crippen LogP contribution in [0.1, 0.15) is 36.5 Å². The molecule has 1 aromatic heterocycles. The fraction of sp³-hybridized carbons (Fsp3) is 0.500. The Bertz CT molecular complexity index is 773. The van der Waals surface area contributed by atoms with Crippen LogP contribution in [0.25, 0.3) is 0 Å². The number of halogens is 1. The summed E-state index contributed by atoms with van der Waals surface area (Å²) in [6.45, 7) is 2.10. The van der Waals surface area contributed by atoms with Gasteiger partial charge in [0, 0.05) is 13.1 Å². The molecule has 3 heterocycles. The summed E-state index contributed by atoms with van der Waals surface area (Å²) in [5.74, 6) is 1.48. The fourth-order valence-electron chi connectivity index (χ4n) is 3.38. The molecule has 0 bridgehead atoms. The number of nitrogens with zero attached hydrogens (tertiary/aromatic N) is 4. The number of hydrogen-bond acceptors (Lipinski definition) is 6. The molecule has 8 heteroatoms. The lowest BCUT2D eigenvalue weighted by molar-refractivity contribution is -0.138. The van der Waals surface area contributed by atoms with Crippen LogP contribution in [0.4, 0.5) is 4.39 Å². The molecular weight excluding hydrogens is 339 g/mol. The summed E-state index contributed by atoms with van der Waals surface area (Å²) >= 11 is 0. The number of rotatable bonds is 5. The SMILES string of the molecule is CN1CCCC1c1nc(C2CN(C(=O)COc3ccc(F)cc3)C2)no1. The number of benzene rings is 1. The summed E-state index contributed by atoms with van der Waals surface area (Å²) in [7, 11) is 2.06. The number of carbonyl (C=O) groups is 1. The highest BCUT2D eigenvalue weighted by Crippen LogP contribution is 2.31. The van der Waals surface area contributed by atoms with Crippen molar-refractivity contribution < 1.29 is 18.4 Å². The van der Waals surface area contributed by atoms with Gasteiger partial charge in [-0.15, -0.1) is 0 Å². The van der Waals surface area contributed by atoms with Gasteiger partial charge in [0.05, 0.1) is 12.0 Å². The Morgan fingerprint density at radius 1 is 1.35 bits per heavy atom. The quantitative estimate of drug-likeness (QED) is 0.812. The third-order valence-electron chi connectivity index (χ3n) is 5.04. The molecule has 4 rings (SSSR count). The van der Waals surface area contributed by atoms with Gasteiger partial charge < -0.3 is 14.2 Å². The fourth-order valence-corrected chi connectivity index (χ4v) is 3.38. The summed E-state index contributed by atoms with van der Waals surface area (Å²) in [6, 6.07) is 5.81. The van der Waals surface area contributed by atoms with Gasteiger partial charge in [-0.1, -0.05) is 5.16 Å². The van der Waals surface area contributed by atoms with Crippen LogP contribution in [0, 0.1) is 5.82 Å². The molecule has 1 unspecified atom stereocenters. The van der Waals surface area contributed by atoms with E-state index in [2.05, 4.69) is 22.1 Å². The van der Waals surface area contributed by atoms with Crippen LogP contribution in [0.15, 0.2) is 28.8 Å². The first-order valence-corrected chi connectivity index (χ1v) is 8.80. The monoisotopic (exact) mass is 360 g/mol. The lowest BCUT2D eigenvalue weighted by Crippen LogP contribution is -2.50. The number of likely N-dealkylation sites (tertiary alicyclic amines) is 2. The Balaban J connectivity index is 1.26. The van der Waals surface area contributed by atoms with E-state index < -0.39 is 0 Å². The molecule has 0 spiro atoms. The smallest absolute Gasteiger partial charge is 0.260 e. The first kappa shape index (κ1) is 17.0. The van der Waals surface area contributed by atoms with Crippen LogP contribution < -0.4 is 4.74 Å². The minimum atomic E-state index is -0.336. The first-order chi connectivity index (χ1) is 12.6. The van der Waals surface area contributed by atoms with Crippen molar-refractivity contribution >= 4 is 5.91 Å². The van der Waals surface area contributed by atoms with Crippen molar-refractivity contribution in [2.75, 3.05) is 33.3 Å². The van der Waals surface area contributed by atoms with Crippen molar-refractivity contribution in [1.82, 2.24) is 19.9 Å². The summed E-state index contributed by atoms with van der Waals surface area (Å²) in [5, 5.41) is 4.10. The maximum absolute atomic E-state index is 12.9. The molecule has 0 N–H and O–H groups in total. The summed E-state index contributed by atoms with van der Waals surface area (Å²) in [4.78, 5) is 20.6. The summed E-state index contributed by atoms with van der Waals surface area (Å²) in [6.07, 6.45) is 2.17. The summed E-state index contributed by atoms with van der Waals surface area (Å²) in [5.41, 5.74) is 0. The van der Waals surface area contributed by atoms with Crippen LogP contribution >= 0.6 is 0 Å². The van der Waals surface area contributed by atoms with Crippen molar-refractivity contribution in [2.45, 2.75) is 24.8 Å². The Hall–Kier alpha value is -2.48. The Labute approximate surface area is 150 Å². The Morgan fingerprint density at radius 3 is 2.81 bits per heavy atom. The third kappa shape index (κ3) is 3.41. The van der Waals surface area contributed by atoms with E-state index in [-0.39, 0.29) is 30.3 Å². The van der Waals surface area contributed by atoms with Crippen LogP contribution in [-0.2, 0) is 4.79 Å². The van der Waals surface area contributed by atoms with Gasteiger partial charge in [0.25, 0.3) is 5.91 Å². The van der Waals surface area contributed by atoms with E-state index in [0.29, 0.717) is 30.6 Å². The van der Waals surface area contributed by atoms with Crippen molar-refractivity contribution in [1.29, 1.82) is 0 Å². The maximum Gasteiger partial charge on any atom is 0.260 e. The van der Waals surface area contributed by atoms with Crippen molar-refractivity contribution in [3.63, 3.8) is 0 Å². The van der Waals surface area contributed by atoms with Crippen LogP contribution in [0.5, 0.6) is 5.75 Å². The highest BCUT2D eigenvalue weighted by Gasteiger charge is 2.36. The van der Waals surface area contributed by atoms with Crippen molar-refractivity contribution in [3.05, 3.63) is 41.8 Å². The van der Waals surface area contributed by atoms with Crippen molar-refractivity contribution in [2.24, 2.45) is 0 Å². The lowest BCUT2D eigenvalue weighted by Gasteiger charge is -2.37. The molecule has 2 aromatic rings. The predicted octanol–water partition coefficient (Wildman–Crippen LogP) is 1.98. The number of carbonyl (C=O) groups excluding carboxylic acids is 1. The minimum absolute atomic E-state index is 0.0668. The van der Waals surface area contributed by atoms with E-state index in [9.17, 15) is 9.18 Å². The van der Waals surface area contributed by atoms with E-state index in [1.807, 2.05) is 0 Å². The number of amides is 1. The van der Waals surface area contributed by atoms with E-state index >= 15 is 0 Å². The molecule has 7 nitrogen and oxygen atoms in total. The zero-order valence-corrected chi connectivity index (χ0v) is 14.6. The van der Waals surface area contributed by atoms with Crippen LogP contribution in [0.2, 0.25) is 0 Å². The summed E-state index contributed by atoms with van der Waals surface area (Å²) < 4.78 is 23.7. The highest BCUT2D eigenvalue weighted by molar-refractivity contribution is 5.78. The minimum Gasteiger partial charge on any atom is -0.484 e. The molecule has 0 saturated carbocycles. The molecule has 2 saturated heterocycles. The van der Waals surface area contributed by atoms with Gasteiger partial charge in [0.15, 0.2) is 12.4 Å². The zero-order valence-electron chi connectivity index (χ0n) is 14.6. The molecule has 1 aromatic carbocycles. The standard InChI is InChI=1S/C18H21FN4O3/c1-22-8-2-3-15(22)18-20-17(21-26-18)12-9-23(10-12)16(24)11-25-14-6-4-13(19)5-7-14/h4-7,12,15H,2-3,8-11H2,1H3. The van der Waals surface area contributed by atoms with Crippen LogP contribution in [0.3, 0.4) is 0 Å². The topological polar surface area (TPSA) is 71.7 Å². The normalized spacial score (nSPS) is 21.0. The zero-order chi connectivity index (χ0) is 18.1. The molecule has 1 amide bonds. The first-order valence-electron chi connectivity index (χ1n) is 8.80. The van der Waals surface area contributed by atoms with Crippen LogP contribution in [-0.4, -0.2) is 59.1 Å². The molecule has 2 aliphatic heterocycles. The predicted molar refractivity (Wildman–Crippen MR) is 90.1 cm³/mol. The van der Waals surface area contributed by atoms with E-state index in [1.54, 1.807) is 4.90 Å². The second-order valence-corrected chi connectivity index (χ2v) is 6.87. The van der Waals surface area contributed by atoms with Crippen molar-refractivity contribution in [3.8, 4) is 5.75 Å². The Kier molecular flexibility index (Phi) is 4.58. The van der Waals surface area contributed by atoms with E-state index in [0.717, 1.165) is 19.4 Å². The molecular formula is C18H21FN4O3. The van der Waals surface area contributed by atoms with E-state index in [1.165, 1.54) is 24.3 Å². The number of aromatic nitrogens is 2. The molecule has 138 valence electrons. The second kappa shape index (κ2) is 7.03. The Morgan fingerprint density at radius 2 is 2.12 bits per heavy atom. The molecule has 2 aliphatic rings. The average Bonchev–Trinajstić information content (AvgIpc) is 3.22. The molecule has 2 fully saturated rings. The maximum atomic E-state index is 12.9. The molecule has 0 aliphatic carbocycles. The van der Waals surface area contributed by atoms with Gasteiger partial charge in [-0.05, 0) is 50.7 Å². The molecule has 26 heavy (non-hydrogen) atoms. The molecule has 1 atom stereocenters. The van der Waals surface area contributed by atoms with Gasteiger partial charge in [-0.2, -0.15) is 4.98 Å². The highest BCUT2D eigenvalue weighted by atomic mass is 19.1. The van der Waals surface area contributed by atoms with Gasteiger partial charge in [0.1, 0.15) is 11.6 Å². The lowest BCUT2D eigenvalue weighted by atomic mass is 9.99. The number of hydrogen-bond donors (Lipinski definition) is 0.